The van der Waals surface area contributed by atoms with Gasteiger partial charge in [0.15, 0.2) is 0 Å². The minimum atomic E-state index is -0.299. The average molecular weight is 234 g/mol. The molecule has 1 aromatic rings. The van der Waals surface area contributed by atoms with Crippen LogP contribution in [0.1, 0.15) is 26.7 Å². The molecule has 0 radical (unpaired) electrons. The third-order valence-electron chi connectivity index (χ3n) is 2.02. The fourth-order valence-corrected chi connectivity index (χ4v) is 2.49. The lowest BCUT2D eigenvalue weighted by atomic mass is 10.2. The molecule has 2 unspecified atom stereocenters. The quantitative estimate of drug-likeness (QED) is 0.637. The van der Waals surface area contributed by atoms with Crippen LogP contribution in [0, 0.1) is 11.8 Å². The summed E-state index contributed by atoms with van der Waals surface area (Å²) >= 11 is 1.72. The lowest BCUT2D eigenvalue weighted by Crippen LogP contribution is -2.10. The summed E-state index contributed by atoms with van der Waals surface area (Å²) in [6.45, 7) is 3.85. The van der Waals surface area contributed by atoms with Crippen molar-refractivity contribution in [1.29, 1.82) is 0 Å². The molecule has 16 heavy (non-hydrogen) atoms. The Hall–Kier alpha value is -0.910. The molecular weight excluding hydrogens is 216 g/mol. The normalized spacial score (nSPS) is 13.7. The van der Waals surface area contributed by atoms with Gasteiger partial charge in [-0.05, 0) is 25.5 Å². The SMILES string of the molecule is CCC#CC(CC(C)O)Sc1ccccc1. The fraction of sp³-hybridized carbons (Fsp3) is 0.429. The van der Waals surface area contributed by atoms with Crippen LogP contribution in [-0.2, 0) is 0 Å². The molecule has 0 saturated carbocycles. The second-order valence-electron chi connectivity index (χ2n) is 3.68. The number of rotatable bonds is 4. The summed E-state index contributed by atoms with van der Waals surface area (Å²) in [4.78, 5) is 1.21. The predicted octanol–water partition coefficient (Wildman–Crippen LogP) is 3.33. The lowest BCUT2D eigenvalue weighted by molar-refractivity contribution is 0.188. The van der Waals surface area contributed by atoms with Crippen molar-refractivity contribution >= 4 is 11.8 Å². The maximum atomic E-state index is 9.42. The molecule has 1 aromatic carbocycles. The highest BCUT2D eigenvalue weighted by Gasteiger charge is 2.10. The van der Waals surface area contributed by atoms with Crippen LogP contribution in [0.25, 0.3) is 0 Å². The van der Waals surface area contributed by atoms with Crippen molar-refractivity contribution in [3.63, 3.8) is 0 Å². The van der Waals surface area contributed by atoms with Gasteiger partial charge in [-0.1, -0.05) is 31.0 Å². The summed E-state index contributed by atoms with van der Waals surface area (Å²) in [5, 5.41) is 9.60. The summed E-state index contributed by atoms with van der Waals surface area (Å²) in [7, 11) is 0. The molecule has 0 aliphatic heterocycles. The van der Waals surface area contributed by atoms with Crippen LogP contribution in [0.2, 0.25) is 0 Å². The lowest BCUT2D eigenvalue weighted by Gasteiger charge is -2.12. The Morgan fingerprint density at radius 3 is 2.56 bits per heavy atom. The van der Waals surface area contributed by atoms with Crippen molar-refractivity contribution in [2.24, 2.45) is 0 Å². The standard InChI is InChI=1S/C14H18OS/c1-3-4-8-14(11-12(2)15)16-13-9-6-5-7-10-13/h5-7,9-10,12,14-15H,3,11H2,1-2H3. The van der Waals surface area contributed by atoms with Gasteiger partial charge in [0.25, 0.3) is 0 Å². The molecule has 0 spiro atoms. The molecule has 0 bridgehead atoms. The Balaban J connectivity index is 2.63. The first kappa shape index (κ1) is 13.2. The van der Waals surface area contributed by atoms with Crippen molar-refractivity contribution < 1.29 is 5.11 Å². The smallest absolute Gasteiger partial charge is 0.0728 e. The predicted molar refractivity (Wildman–Crippen MR) is 70.5 cm³/mol. The number of hydrogen-bond acceptors (Lipinski definition) is 2. The van der Waals surface area contributed by atoms with Crippen LogP contribution in [0.4, 0.5) is 0 Å². The average Bonchev–Trinajstić information content (AvgIpc) is 2.26. The molecule has 2 atom stereocenters. The van der Waals surface area contributed by atoms with Crippen molar-refractivity contribution in [1.82, 2.24) is 0 Å². The number of benzene rings is 1. The van der Waals surface area contributed by atoms with E-state index in [0.29, 0.717) is 6.42 Å². The molecule has 0 amide bonds. The molecule has 1 nitrogen and oxygen atoms in total. The second-order valence-corrected chi connectivity index (χ2v) is 4.96. The summed E-state index contributed by atoms with van der Waals surface area (Å²) in [5.41, 5.74) is 0. The summed E-state index contributed by atoms with van der Waals surface area (Å²) in [6, 6.07) is 10.2. The highest BCUT2D eigenvalue weighted by molar-refractivity contribution is 8.00. The molecule has 2 heteroatoms. The molecule has 86 valence electrons. The van der Waals surface area contributed by atoms with Gasteiger partial charge in [-0.15, -0.1) is 17.7 Å². The van der Waals surface area contributed by atoms with E-state index in [1.165, 1.54) is 4.90 Å². The highest BCUT2D eigenvalue weighted by atomic mass is 32.2. The van der Waals surface area contributed by atoms with E-state index in [0.717, 1.165) is 6.42 Å². The van der Waals surface area contributed by atoms with Gasteiger partial charge >= 0.3 is 0 Å². The van der Waals surface area contributed by atoms with Gasteiger partial charge in [0, 0.05) is 11.3 Å². The number of hydrogen-bond donors (Lipinski definition) is 1. The molecule has 0 heterocycles. The Morgan fingerprint density at radius 2 is 2.00 bits per heavy atom. The van der Waals surface area contributed by atoms with E-state index in [2.05, 4.69) is 24.0 Å². The number of aliphatic hydroxyl groups is 1. The van der Waals surface area contributed by atoms with Gasteiger partial charge in [0.1, 0.15) is 0 Å². The zero-order valence-electron chi connectivity index (χ0n) is 9.81. The van der Waals surface area contributed by atoms with Crippen LogP contribution < -0.4 is 0 Å². The third-order valence-corrected chi connectivity index (χ3v) is 3.16. The van der Waals surface area contributed by atoms with Crippen molar-refractivity contribution in [3.8, 4) is 11.8 Å². The molecule has 0 aliphatic carbocycles. The van der Waals surface area contributed by atoms with Gasteiger partial charge in [-0.25, -0.2) is 0 Å². The van der Waals surface area contributed by atoms with E-state index in [9.17, 15) is 5.11 Å². The monoisotopic (exact) mass is 234 g/mol. The first-order chi connectivity index (χ1) is 7.72. The van der Waals surface area contributed by atoms with E-state index < -0.39 is 0 Å². The highest BCUT2D eigenvalue weighted by Crippen LogP contribution is 2.25. The molecule has 0 fully saturated rings. The van der Waals surface area contributed by atoms with E-state index in [1.807, 2.05) is 32.0 Å². The summed E-state index contributed by atoms with van der Waals surface area (Å²) in [6.07, 6.45) is 1.28. The first-order valence-electron chi connectivity index (χ1n) is 5.60. The fourth-order valence-electron chi connectivity index (χ4n) is 1.33. The van der Waals surface area contributed by atoms with E-state index in [4.69, 9.17) is 0 Å². The van der Waals surface area contributed by atoms with Crippen LogP contribution in [-0.4, -0.2) is 16.5 Å². The number of aliphatic hydroxyl groups excluding tert-OH is 1. The Labute approximate surface area is 102 Å². The second kappa shape index (κ2) is 7.38. The van der Waals surface area contributed by atoms with E-state index in [-0.39, 0.29) is 11.4 Å². The third kappa shape index (κ3) is 5.25. The van der Waals surface area contributed by atoms with Gasteiger partial charge < -0.3 is 5.11 Å². The largest absolute Gasteiger partial charge is 0.393 e. The van der Waals surface area contributed by atoms with E-state index >= 15 is 0 Å². The van der Waals surface area contributed by atoms with E-state index in [1.54, 1.807) is 11.8 Å². The van der Waals surface area contributed by atoms with Crippen molar-refractivity contribution in [2.45, 2.75) is 42.9 Å². The molecule has 1 rings (SSSR count). The Kier molecular flexibility index (Phi) is 6.07. The molecule has 1 N–H and O–H groups in total. The Bertz CT molecular complexity index is 348. The maximum absolute atomic E-state index is 9.42. The van der Waals surface area contributed by atoms with Gasteiger partial charge in [-0.2, -0.15) is 0 Å². The maximum Gasteiger partial charge on any atom is 0.0728 e. The minimum Gasteiger partial charge on any atom is -0.393 e. The topological polar surface area (TPSA) is 20.2 Å². The zero-order chi connectivity index (χ0) is 11.8. The van der Waals surface area contributed by atoms with Crippen molar-refractivity contribution in [2.75, 3.05) is 0 Å². The van der Waals surface area contributed by atoms with Gasteiger partial charge in [0.05, 0.1) is 11.4 Å². The van der Waals surface area contributed by atoms with Crippen LogP contribution in [0.3, 0.4) is 0 Å². The molecule has 0 aromatic heterocycles. The molecule has 0 aliphatic rings. The summed E-state index contributed by atoms with van der Waals surface area (Å²) < 4.78 is 0. The minimum absolute atomic E-state index is 0.183. The van der Waals surface area contributed by atoms with Crippen LogP contribution >= 0.6 is 11.8 Å². The van der Waals surface area contributed by atoms with Crippen LogP contribution in [0.5, 0.6) is 0 Å². The zero-order valence-corrected chi connectivity index (χ0v) is 10.6. The van der Waals surface area contributed by atoms with Crippen molar-refractivity contribution in [3.05, 3.63) is 30.3 Å². The number of thioether (sulfide) groups is 1. The van der Waals surface area contributed by atoms with Gasteiger partial charge in [-0.3, -0.25) is 0 Å². The molecule has 0 saturated heterocycles. The Morgan fingerprint density at radius 1 is 1.31 bits per heavy atom. The first-order valence-corrected chi connectivity index (χ1v) is 6.48. The molecular formula is C14H18OS. The van der Waals surface area contributed by atoms with Crippen LogP contribution in [0.15, 0.2) is 35.2 Å². The van der Waals surface area contributed by atoms with Gasteiger partial charge in [0.2, 0.25) is 0 Å². The summed E-state index contributed by atoms with van der Waals surface area (Å²) in [5.74, 6) is 6.29.